The Kier molecular flexibility index (Phi) is 6.37. The topological polar surface area (TPSA) is 78.0 Å². The molecule has 3 aromatic rings. The third-order valence-electron chi connectivity index (χ3n) is 4.86. The predicted molar refractivity (Wildman–Crippen MR) is 120 cm³/mol. The number of aliphatic imine (C=N–C) groups is 1. The van der Waals surface area contributed by atoms with Crippen LogP contribution in [0.3, 0.4) is 0 Å². The zero-order valence-electron chi connectivity index (χ0n) is 17.7. The number of anilines is 3. The number of hydrogen-bond donors (Lipinski definition) is 3. The van der Waals surface area contributed by atoms with E-state index in [0.717, 1.165) is 11.1 Å². The van der Waals surface area contributed by atoms with Gasteiger partial charge < -0.3 is 15.4 Å². The molecule has 1 aliphatic rings. The summed E-state index contributed by atoms with van der Waals surface area (Å²) in [4.78, 5) is 16.6. The van der Waals surface area contributed by atoms with Gasteiger partial charge in [-0.25, -0.2) is 14.2 Å². The molecule has 1 heterocycles. The molecule has 1 unspecified atom stereocenters. The summed E-state index contributed by atoms with van der Waals surface area (Å²) in [6, 6.07) is 15.7. The standard InChI is InChI=1S/C23H19F4N5O2/c1-14-12-15(2-11-20(14)30-22(33)29-17-5-3-16(24)4-6-17)21-28-13-32(31-21)18-7-9-19(10-8-18)34-23(25,26)27/h2-13,21,31H,1H3,(H2,29,30,33). The molecule has 34 heavy (non-hydrogen) atoms. The molecule has 3 N–H and O–H groups in total. The van der Waals surface area contributed by atoms with Crippen LogP contribution in [-0.2, 0) is 0 Å². The largest absolute Gasteiger partial charge is 0.573 e. The molecular formula is C23H19F4N5O2. The van der Waals surface area contributed by atoms with E-state index in [0.29, 0.717) is 17.1 Å². The molecular weight excluding hydrogens is 454 g/mol. The number of carbonyl (C=O) groups excluding carboxylic acids is 1. The highest BCUT2D eigenvalue weighted by Gasteiger charge is 2.31. The molecule has 1 aliphatic heterocycles. The smallest absolute Gasteiger partial charge is 0.406 e. The van der Waals surface area contributed by atoms with Crippen molar-refractivity contribution in [3.05, 3.63) is 83.7 Å². The molecule has 0 aromatic heterocycles. The van der Waals surface area contributed by atoms with Crippen LogP contribution >= 0.6 is 0 Å². The van der Waals surface area contributed by atoms with Gasteiger partial charge in [0.05, 0.1) is 5.69 Å². The molecule has 0 saturated heterocycles. The number of hydrogen-bond acceptors (Lipinski definition) is 5. The molecule has 1 atom stereocenters. The first kappa shape index (κ1) is 23.1. The molecule has 0 spiro atoms. The van der Waals surface area contributed by atoms with Gasteiger partial charge in [0, 0.05) is 11.4 Å². The van der Waals surface area contributed by atoms with E-state index in [2.05, 4.69) is 25.8 Å². The maximum atomic E-state index is 13.0. The minimum Gasteiger partial charge on any atom is -0.406 e. The SMILES string of the molecule is Cc1cc(C2N=CN(c3ccc(OC(F)(F)F)cc3)N2)ccc1NC(=O)Nc1ccc(F)cc1. The molecule has 0 saturated carbocycles. The average Bonchev–Trinajstić information content (AvgIpc) is 3.26. The van der Waals surface area contributed by atoms with E-state index < -0.39 is 24.4 Å². The van der Waals surface area contributed by atoms with Gasteiger partial charge in [0.2, 0.25) is 0 Å². The van der Waals surface area contributed by atoms with E-state index in [1.54, 1.807) is 17.1 Å². The number of alkyl halides is 3. The number of nitrogens with one attached hydrogen (secondary N) is 3. The van der Waals surface area contributed by atoms with Crippen LogP contribution in [0, 0.1) is 12.7 Å². The average molecular weight is 473 g/mol. The Hall–Kier alpha value is -4.12. The van der Waals surface area contributed by atoms with Crippen molar-refractivity contribution in [2.45, 2.75) is 19.5 Å². The highest BCUT2D eigenvalue weighted by atomic mass is 19.4. The Morgan fingerprint density at radius 3 is 2.38 bits per heavy atom. The summed E-state index contributed by atoms with van der Waals surface area (Å²) in [7, 11) is 0. The van der Waals surface area contributed by atoms with E-state index in [9.17, 15) is 22.4 Å². The number of ether oxygens (including phenoxy) is 1. The Morgan fingerprint density at radius 1 is 1.03 bits per heavy atom. The van der Waals surface area contributed by atoms with Gasteiger partial charge in [0.1, 0.15) is 24.1 Å². The second-order valence-electron chi connectivity index (χ2n) is 7.37. The van der Waals surface area contributed by atoms with Crippen molar-refractivity contribution in [3.8, 4) is 5.75 Å². The summed E-state index contributed by atoms with van der Waals surface area (Å²) >= 11 is 0. The minimum atomic E-state index is -4.75. The number of urea groups is 1. The van der Waals surface area contributed by atoms with Crippen molar-refractivity contribution in [1.82, 2.24) is 5.43 Å². The minimum absolute atomic E-state index is 0.314. The Morgan fingerprint density at radius 2 is 1.74 bits per heavy atom. The number of rotatable bonds is 5. The fraction of sp³-hybridized carbons (Fsp3) is 0.130. The zero-order chi connectivity index (χ0) is 24.3. The number of nitrogens with zero attached hydrogens (tertiary/aromatic N) is 2. The Bertz CT molecular complexity index is 1200. The number of hydrazine groups is 1. The molecule has 176 valence electrons. The lowest BCUT2D eigenvalue weighted by Gasteiger charge is -2.19. The van der Waals surface area contributed by atoms with Crippen molar-refractivity contribution in [3.63, 3.8) is 0 Å². The number of amides is 2. The summed E-state index contributed by atoms with van der Waals surface area (Å²) in [5, 5.41) is 6.95. The summed E-state index contributed by atoms with van der Waals surface area (Å²) in [5.41, 5.74) is 6.36. The quantitative estimate of drug-likeness (QED) is 0.414. The lowest BCUT2D eigenvalue weighted by Crippen LogP contribution is -2.33. The van der Waals surface area contributed by atoms with Crippen molar-refractivity contribution >= 4 is 29.4 Å². The molecule has 2 amide bonds. The normalized spacial score (nSPS) is 15.3. The molecule has 4 rings (SSSR count). The molecule has 0 aliphatic carbocycles. The van der Waals surface area contributed by atoms with E-state index in [-0.39, 0.29) is 5.75 Å². The van der Waals surface area contributed by atoms with Crippen LogP contribution in [0.4, 0.5) is 39.4 Å². The van der Waals surface area contributed by atoms with E-state index >= 15 is 0 Å². The molecule has 7 nitrogen and oxygen atoms in total. The second kappa shape index (κ2) is 9.40. The highest BCUT2D eigenvalue weighted by Crippen LogP contribution is 2.28. The lowest BCUT2D eigenvalue weighted by molar-refractivity contribution is -0.274. The van der Waals surface area contributed by atoms with Gasteiger partial charge in [0.15, 0.2) is 0 Å². The fourth-order valence-electron chi connectivity index (χ4n) is 3.26. The maximum Gasteiger partial charge on any atom is 0.573 e. The van der Waals surface area contributed by atoms with Crippen molar-refractivity contribution in [2.75, 3.05) is 15.6 Å². The summed E-state index contributed by atoms with van der Waals surface area (Å²) in [6.45, 7) is 1.83. The fourth-order valence-corrected chi connectivity index (χ4v) is 3.26. The zero-order valence-corrected chi connectivity index (χ0v) is 17.7. The monoisotopic (exact) mass is 473 g/mol. The van der Waals surface area contributed by atoms with Gasteiger partial charge in [-0.3, -0.25) is 5.01 Å². The van der Waals surface area contributed by atoms with Gasteiger partial charge in [-0.1, -0.05) is 12.1 Å². The van der Waals surface area contributed by atoms with E-state index in [1.807, 2.05) is 13.0 Å². The van der Waals surface area contributed by atoms with Crippen molar-refractivity contribution in [2.24, 2.45) is 4.99 Å². The number of aryl methyl sites for hydroxylation is 1. The van der Waals surface area contributed by atoms with Gasteiger partial charge >= 0.3 is 12.4 Å². The van der Waals surface area contributed by atoms with Crippen LogP contribution in [0.2, 0.25) is 0 Å². The molecule has 0 fully saturated rings. The third-order valence-corrected chi connectivity index (χ3v) is 4.86. The summed E-state index contributed by atoms with van der Waals surface area (Å²) in [6.07, 6.45) is -3.64. The highest BCUT2D eigenvalue weighted by molar-refractivity contribution is 6.00. The second-order valence-corrected chi connectivity index (χ2v) is 7.37. The van der Waals surface area contributed by atoms with Crippen LogP contribution < -0.4 is 25.8 Å². The Balaban J connectivity index is 1.36. The molecule has 0 radical (unpaired) electrons. The number of carbonyl (C=O) groups is 1. The first-order chi connectivity index (χ1) is 16.2. The predicted octanol–water partition coefficient (Wildman–Crippen LogP) is 5.73. The van der Waals surface area contributed by atoms with Gasteiger partial charge in [-0.15, -0.1) is 13.2 Å². The summed E-state index contributed by atoms with van der Waals surface area (Å²) < 4.78 is 53.8. The third kappa shape index (κ3) is 5.81. The number of benzene rings is 3. The van der Waals surface area contributed by atoms with E-state index in [4.69, 9.17) is 0 Å². The van der Waals surface area contributed by atoms with Gasteiger partial charge in [-0.05, 0) is 72.6 Å². The Labute approximate surface area is 192 Å². The van der Waals surface area contributed by atoms with Crippen LogP contribution in [0.5, 0.6) is 5.75 Å². The van der Waals surface area contributed by atoms with Gasteiger partial charge in [0.25, 0.3) is 0 Å². The van der Waals surface area contributed by atoms with Crippen molar-refractivity contribution in [1.29, 1.82) is 0 Å². The summed E-state index contributed by atoms with van der Waals surface area (Å²) in [5.74, 6) is -0.710. The lowest BCUT2D eigenvalue weighted by atomic mass is 10.1. The maximum absolute atomic E-state index is 13.0. The molecule has 0 bridgehead atoms. The first-order valence-corrected chi connectivity index (χ1v) is 10.0. The first-order valence-electron chi connectivity index (χ1n) is 10.0. The van der Waals surface area contributed by atoms with Gasteiger partial charge in [-0.2, -0.15) is 5.43 Å². The van der Waals surface area contributed by atoms with Crippen LogP contribution in [0.1, 0.15) is 17.3 Å². The van der Waals surface area contributed by atoms with E-state index in [1.165, 1.54) is 54.9 Å². The van der Waals surface area contributed by atoms with Crippen LogP contribution in [0.15, 0.2) is 71.7 Å². The van der Waals surface area contributed by atoms with Crippen molar-refractivity contribution < 1.29 is 27.1 Å². The van der Waals surface area contributed by atoms with Crippen LogP contribution in [0.25, 0.3) is 0 Å². The number of halogens is 4. The molecule has 11 heteroatoms. The molecule has 3 aromatic carbocycles. The van der Waals surface area contributed by atoms with Crippen LogP contribution in [-0.4, -0.2) is 18.7 Å².